The molecule has 0 amide bonds. The predicted molar refractivity (Wildman–Crippen MR) is 63.7 cm³/mol. The number of hydrogen-bond acceptors (Lipinski definition) is 5. The van der Waals surface area contributed by atoms with Gasteiger partial charge in [0.15, 0.2) is 0 Å². The molecule has 0 heterocycles. The third kappa shape index (κ3) is 5.34. The standard InChI is InChI=1S/C11H23N3O2/c1-7(2)6-9(14)11(16)10(15)8(13)4-3-5-12/h7-9H,3-6,12-14H2,1-2H3/t8-,9-/m0/s1. The van der Waals surface area contributed by atoms with Crippen molar-refractivity contribution >= 4 is 11.6 Å². The monoisotopic (exact) mass is 229 g/mol. The highest BCUT2D eigenvalue weighted by Gasteiger charge is 2.26. The summed E-state index contributed by atoms with van der Waals surface area (Å²) >= 11 is 0. The molecule has 0 aliphatic rings. The van der Waals surface area contributed by atoms with Crippen LogP contribution in [-0.4, -0.2) is 30.2 Å². The first-order chi connectivity index (χ1) is 7.40. The second-order valence-corrected chi connectivity index (χ2v) is 4.50. The van der Waals surface area contributed by atoms with Crippen LogP contribution in [0.25, 0.3) is 0 Å². The van der Waals surface area contributed by atoms with Gasteiger partial charge >= 0.3 is 0 Å². The summed E-state index contributed by atoms with van der Waals surface area (Å²) in [6.07, 6.45) is 1.59. The molecular formula is C11H23N3O2. The van der Waals surface area contributed by atoms with E-state index in [4.69, 9.17) is 17.2 Å². The van der Waals surface area contributed by atoms with Gasteiger partial charge in [0.25, 0.3) is 0 Å². The van der Waals surface area contributed by atoms with Gasteiger partial charge < -0.3 is 17.2 Å². The molecule has 16 heavy (non-hydrogen) atoms. The van der Waals surface area contributed by atoms with Gasteiger partial charge in [-0.3, -0.25) is 9.59 Å². The molecule has 0 bridgehead atoms. The van der Waals surface area contributed by atoms with E-state index in [0.717, 1.165) is 0 Å². The Morgan fingerprint density at radius 3 is 2.00 bits per heavy atom. The van der Waals surface area contributed by atoms with Crippen LogP contribution in [0.3, 0.4) is 0 Å². The summed E-state index contributed by atoms with van der Waals surface area (Å²) < 4.78 is 0. The van der Waals surface area contributed by atoms with Gasteiger partial charge in [-0.15, -0.1) is 0 Å². The van der Waals surface area contributed by atoms with Crippen LogP contribution in [0, 0.1) is 5.92 Å². The van der Waals surface area contributed by atoms with Crippen molar-refractivity contribution in [2.45, 2.75) is 45.2 Å². The van der Waals surface area contributed by atoms with Crippen LogP contribution in [0.15, 0.2) is 0 Å². The smallest absolute Gasteiger partial charge is 0.216 e. The van der Waals surface area contributed by atoms with Crippen LogP contribution in [0.1, 0.15) is 33.1 Å². The average molecular weight is 229 g/mol. The molecule has 0 aromatic rings. The Bertz CT molecular complexity index is 241. The van der Waals surface area contributed by atoms with E-state index in [0.29, 0.717) is 25.8 Å². The zero-order valence-electron chi connectivity index (χ0n) is 10.1. The maximum atomic E-state index is 11.6. The molecule has 2 atom stereocenters. The van der Waals surface area contributed by atoms with Crippen molar-refractivity contribution in [3.8, 4) is 0 Å². The van der Waals surface area contributed by atoms with Crippen molar-refractivity contribution in [1.82, 2.24) is 0 Å². The summed E-state index contributed by atoms with van der Waals surface area (Å²) in [5.74, 6) is -0.841. The second-order valence-electron chi connectivity index (χ2n) is 4.50. The molecule has 0 fully saturated rings. The molecule has 0 aromatic heterocycles. The van der Waals surface area contributed by atoms with E-state index in [1.807, 2.05) is 13.8 Å². The normalized spacial score (nSPS) is 14.9. The molecule has 5 nitrogen and oxygen atoms in total. The zero-order chi connectivity index (χ0) is 12.7. The van der Waals surface area contributed by atoms with Crippen molar-refractivity contribution in [3.05, 3.63) is 0 Å². The molecule has 0 aromatic carbocycles. The van der Waals surface area contributed by atoms with Crippen LogP contribution < -0.4 is 17.2 Å². The van der Waals surface area contributed by atoms with Gasteiger partial charge in [0, 0.05) is 0 Å². The first-order valence-electron chi connectivity index (χ1n) is 5.69. The summed E-state index contributed by atoms with van der Waals surface area (Å²) in [7, 11) is 0. The Labute approximate surface area is 96.7 Å². The highest BCUT2D eigenvalue weighted by molar-refractivity contribution is 6.40. The highest BCUT2D eigenvalue weighted by atomic mass is 16.2. The molecule has 0 aliphatic heterocycles. The number of nitrogens with two attached hydrogens (primary N) is 3. The summed E-state index contributed by atoms with van der Waals surface area (Å²) in [6, 6.07) is -1.48. The lowest BCUT2D eigenvalue weighted by molar-refractivity contribution is -0.138. The number of hydrogen-bond donors (Lipinski definition) is 3. The molecule has 94 valence electrons. The van der Waals surface area contributed by atoms with Crippen molar-refractivity contribution < 1.29 is 9.59 Å². The topological polar surface area (TPSA) is 112 Å². The van der Waals surface area contributed by atoms with Crippen molar-refractivity contribution in [1.29, 1.82) is 0 Å². The lowest BCUT2D eigenvalue weighted by Crippen LogP contribution is -2.45. The minimum Gasteiger partial charge on any atom is -0.330 e. The first-order valence-corrected chi connectivity index (χ1v) is 5.69. The fraction of sp³-hybridized carbons (Fsp3) is 0.818. The van der Waals surface area contributed by atoms with Gasteiger partial charge in [0.2, 0.25) is 11.6 Å². The molecular weight excluding hydrogens is 206 g/mol. The Balaban J connectivity index is 4.21. The van der Waals surface area contributed by atoms with Crippen LogP contribution in [-0.2, 0) is 9.59 Å². The van der Waals surface area contributed by atoms with E-state index >= 15 is 0 Å². The van der Waals surface area contributed by atoms with Crippen LogP contribution in [0.5, 0.6) is 0 Å². The summed E-state index contributed by atoms with van der Waals surface area (Å²) in [5, 5.41) is 0. The number of ketones is 2. The van der Waals surface area contributed by atoms with Crippen LogP contribution >= 0.6 is 0 Å². The Hall–Kier alpha value is -0.780. The number of carbonyl (C=O) groups excluding carboxylic acids is 2. The molecule has 0 radical (unpaired) electrons. The SMILES string of the molecule is CC(C)C[C@H](N)C(=O)C(=O)[C@@H](N)CCCN. The van der Waals surface area contributed by atoms with Gasteiger partial charge in [-0.1, -0.05) is 13.8 Å². The summed E-state index contributed by atoms with van der Waals surface area (Å²) in [6.45, 7) is 4.37. The van der Waals surface area contributed by atoms with E-state index in [2.05, 4.69) is 0 Å². The highest BCUT2D eigenvalue weighted by Crippen LogP contribution is 2.05. The van der Waals surface area contributed by atoms with Gasteiger partial charge in [-0.25, -0.2) is 0 Å². The van der Waals surface area contributed by atoms with Crippen LogP contribution in [0.2, 0.25) is 0 Å². The van der Waals surface area contributed by atoms with E-state index in [-0.39, 0.29) is 5.92 Å². The lowest BCUT2D eigenvalue weighted by Gasteiger charge is -2.14. The maximum absolute atomic E-state index is 11.6. The van der Waals surface area contributed by atoms with Gasteiger partial charge in [0.1, 0.15) is 0 Å². The molecule has 6 N–H and O–H groups in total. The predicted octanol–water partition coefficient (Wildman–Crippen LogP) is -0.436. The molecule has 0 aliphatic carbocycles. The fourth-order valence-electron chi connectivity index (χ4n) is 1.45. The zero-order valence-corrected chi connectivity index (χ0v) is 10.1. The Morgan fingerprint density at radius 1 is 1.06 bits per heavy atom. The molecule has 0 spiro atoms. The fourth-order valence-corrected chi connectivity index (χ4v) is 1.45. The maximum Gasteiger partial charge on any atom is 0.216 e. The molecule has 0 rings (SSSR count). The third-order valence-corrected chi connectivity index (χ3v) is 2.36. The van der Waals surface area contributed by atoms with E-state index in [1.165, 1.54) is 0 Å². The Morgan fingerprint density at radius 2 is 1.56 bits per heavy atom. The first kappa shape index (κ1) is 15.2. The van der Waals surface area contributed by atoms with Crippen LogP contribution in [0.4, 0.5) is 0 Å². The number of Topliss-reactive ketones (excluding diaryl/α,β-unsaturated/α-hetero) is 2. The number of carbonyl (C=O) groups is 2. The molecule has 5 heteroatoms. The van der Waals surface area contributed by atoms with Crippen molar-refractivity contribution in [2.75, 3.05) is 6.54 Å². The van der Waals surface area contributed by atoms with E-state index < -0.39 is 23.7 Å². The minimum atomic E-state index is -0.755. The third-order valence-electron chi connectivity index (χ3n) is 2.36. The van der Waals surface area contributed by atoms with Gasteiger partial charge in [-0.2, -0.15) is 0 Å². The Kier molecular flexibility index (Phi) is 7.12. The van der Waals surface area contributed by atoms with E-state index in [9.17, 15) is 9.59 Å². The van der Waals surface area contributed by atoms with Crippen molar-refractivity contribution in [2.24, 2.45) is 23.1 Å². The lowest BCUT2D eigenvalue weighted by atomic mass is 9.95. The van der Waals surface area contributed by atoms with Gasteiger partial charge in [0.05, 0.1) is 12.1 Å². The summed E-state index contributed by atoms with van der Waals surface area (Å²) in [4.78, 5) is 23.2. The van der Waals surface area contributed by atoms with Gasteiger partial charge in [-0.05, 0) is 31.7 Å². The second kappa shape index (κ2) is 7.49. The molecule has 0 saturated heterocycles. The average Bonchev–Trinajstić information content (AvgIpc) is 2.22. The van der Waals surface area contributed by atoms with E-state index in [1.54, 1.807) is 0 Å². The number of rotatable bonds is 8. The molecule has 0 saturated carbocycles. The quantitative estimate of drug-likeness (QED) is 0.489. The largest absolute Gasteiger partial charge is 0.330 e. The van der Waals surface area contributed by atoms with Crippen molar-refractivity contribution in [3.63, 3.8) is 0 Å². The summed E-state index contributed by atoms with van der Waals surface area (Å²) in [5.41, 5.74) is 16.5. The minimum absolute atomic E-state index is 0.284. The molecule has 0 unspecified atom stereocenters.